The number of likely N-dealkylation sites (tertiary alicyclic amines) is 1. The third-order valence-electron chi connectivity index (χ3n) is 5.43. The summed E-state index contributed by atoms with van der Waals surface area (Å²) >= 11 is 0. The van der Waals surface area contributed by atoms with E-state index in [1.807, 2.05) is 53.9 Å². The zero-order valence-electron chi connectivity index (χ0n) is 23.1. The first kappa shape index (κ1) is 29.5. The number of hydrogen-bond acceptors (Lipinski definition) is 11. The maximum absolute atomic E-state index is 12.4. The number of nitrogens with zero attached hydrogens (tertiary/aromatic N) is 6. The van der Waals surface area contributed by atoms with Gasteiger partial charge in [0.05, 0.1) is 7.11 Å². The number of amides is 1. The van der Waals surface area contributed by atoms with Gasteiger partial charge in [-0.2, -0.15) is 0 Å². The molecule has 2 aromatic heterocycles. The minimum Gasteiger partial charge on any atom is -0.471 e. The van der Waals surface area contributed by atoms with E-state index >= 15 is 0 Å². The first-order valence-electron chi connectivity index (χ1n) is 12.5. The highest BCUT2D eigenvalue weighted by Crippen LogP contribution is 2.42. The van der Waals surface area contributed by atoms with Crippen LogP contribution in [0.4, 0.5) is 22.1 Å². The van der Waals surface area contributed by atoms with E-state index in [0.717, 1.165) is 41.7 Å². The van der Waals surface area contributed by atoms with E-state index in [4.69, 9.17) is 9.53 Å². The molecule has 1 unspecified atom stereocenters. The fourth-order valence-corrected chi connectivity index (χ4v) is 3.88. The molecule has 1 fully saturated rings. The van der Waals surface area contributed by atoms with Crippen molar-refractivity contribution in [1.29, 1.82) is 0 Å². The number of carbonyl (C=O) groups is 2. The van der Waals surface area contributed by atoms with E-state index in [1.54, 1.807) is 11.2 Å². The molecule has 1 amide bonds. The second kappa shape index (κ2) is 13.6. The highest BCUT2D eigenvalue weighted by molar-refractivity contribution is 5.82. The van der Waals surface area contributed by atoms with E-state index in [2.05, 4.69) is 47.1 Å². The van der Waals surface area contributed by atoms with Crippen LogP contribution in [0.3, 0.4) is 0 Å². The molecule has 2 aliphatic rings. The average molecular weight is 517 g/mol. The number of fused-ring (bicyclic) bond motifs is 1. The molecular weight excluding hydrogens is 476 g/mol. The minimum atomic E-state index is -0.502. The van der Waals surface area contributed by atoms with Crippen molar-refractivity contribution in [1.82, 2.24) is 24.8 Å². The lowest BCUT2D eigenvalue weighted by Crippen LogP contribution is -2.36. The molecule has 0 bridgehead atoms. The van der Waals surface area contributed by atoms with Gasteiger partial charge in [0, 0.05) is 43.6 Å². The van der Waals surface area contributed by atoms with Crippen LogP contribution >= 0.6 is 0 Å². The highest BCUT2D eigenvalue weighted by Gasteiger charge is 2.35. The van der Waals surface area contributed by atoms with Gasteiger partial charge in [-0.15, -0.1) is 0 Å². The first-order chi connectivity index (χ1) is 17.7. The lowest BCUT2D eigenvalue weighted by Gasteiger charge is -2.24. The Kier molecular flexibility index (Phi) is 10.8. The van der Waals surface area contributed by atoms with Crippen LogP contribution in [0.2, 0.25) is 0 Å². The first-order valence-corrected chi connectivity index (χ1v) is 12.5. The largest absolute Gasteiger partial charge is 0.471 e. The summed E-state index contributed by atoms with van der Waals surface area (Å²) in [6.45, 7) is 15.9. The predicted octanol–water partition coefficient (Wildman–Crippen LogP) is 3.76. The molecule has 204 valence electrons. The van der Waals surface area contributed by atoms with E-state index in [9.17, 15) is 4.79 Å². The molecular formula is C25H40N8O4. The van der Waals surface area contributed by atoms with Gasteiger partial charge in [-0.05, 0) is 41.0 Å². The molecule has 2 aliphatic heterocycles. The van der Waals surface area contributed by atoms with Crippen LogP contribution in [0, 0.1) is 6.92 Å². The van der Waals surface area contributed by atoms with Crippen molar-refractivity contribution < 1.29 is 19.1 Å². The van der Waals surface area contributed by atoms with Crippen LogP contribution in [0.25, 0.3) is 0 Å². The average Bonchev–Trinajstić information content (AvgIpc) is 3.50. The standard InChI is InChI=1S/C21H30N8O2.C2H4O2.C2H6/c1-6-29-18(14-9-22-13(2)23-10-14)27-16-17(24-12-25-19(16)29)26-15-7-8-28(11-15)20(30)31-21(3,4)5;1-4-2-3;1-2/h9-10,12,15,18,27H,6-8,11H2,1-5H3,(H,24,25,26);2H,1H3;1-2H3/t15-,18?;;/m0../s1. The molecule has 0 aromatic carbocycles. The molecule has 0 saturated carbocycles. The number of carbonyl (C=O) groups excluding carboxylic acids is 2. The van der Waals surface area contributed by atoms with Gasteiger partial charge < -0.3 is 29.9 Å². The van der Waals surface area contributed by atoms with E-state index in [1.165, 1.54) is 7.11 Å². The van der Waals surface area contributed by atoms with Gasteiger partial charge in [-0.1, -0.05) is 13.8 Å². The van der Waals surface area contributed by atoms with Gasteiger partial charge in [0.25, 0.3) is 6.47 Å². The topological polar surface area (TPSA) is 135 Å². The summed E-state index contributed by atoms with van der Waals surface area (Å²) in [5.74, 6) is 2.31. The second-order valence-corrected chi connectivity index (χ2v) is 9.21. The maximum Gasteiger partial charge on any atom is 0.410 e. The predicted molar refractivity (Wildman–Crippen MR) is 142 cm³/mol. The number of anilines is 3. The smallest absolute Gasteiger partial charge is 0.410 e. The Labute approximate surface area is 219 Å². The number of nitrogens with one attached hydrogen (secondary N) is 2. The van der Waals surface area contributed by atoms with Gasteiger partial charge in [0.1, 0.15) is 29.6 Å². The van der Waals surface area contributed by atoms with Gasteiger partial charge in [-0.3, -0.25) is 4.79 Å². The fraction of sp³-hybridized carbons (Fsp3) is 0.600. The lowest BCUT2D eigenvalue weighted by molar-refractivity contribution is -0.126. The van der Waals surface area contributed by atoms with Crippen molar-refractivity contribution in [3.63, 3.8) is 0 Å². The minimum absolute atomic E-state index is 0.0881. The Bertz CT molecular complexity index is 1010. The highest BCUT2D eigenvalue weighted by atomic mass is 16.6. The van der Waals surface area contributed by atoms with Crippen molar-refractivity contribution in [2.45, 2.75) is 72.7 Å². The Balaban J connectivity index is 0.000000733. The van der Waals surface area contributed by atoms with Crippen LogP contribution in [0.5, 0.6) is 0 Å². The number of rotatable bonds is 5. The Morgan fingerprint density at radius 3 is 2.43 bits per heavy atom. The number of methoxy groups -OCH3 is 1. The van der Waals surface area contributed by atoms with Crippen molar-refractivity contribution >= 4 is 29.9 Å². The molecule has 0 aliphatic carbocycles. The number of aryl methyl sites for hydroxylation is 1. The molecule has 4 rings (SSSR count). The number of hydrogen-bond donors (Lipinski definition) is 2. The van der Waals surface area contributed by atoms with Gasteiger partial charge in [0.2, 0.25) is 0 Å². The van der Waals surface area contributed by atoms with Crippen LogP contribution in [0.15, 0.2) is 18.7 Å². The zero-order valence-corrected chi connectivity index (χ0v) is 23.1. The maximum atomic E-state index is 12.4. The quantitative estimate of drug-likeness (QED) is 0.562. The third-order valence-corrected chi connectivity index (χ3v) is 5.43. The van der Waals surface area contributed by atoms with Crippen LogP contribution in [0.1, 0.15) is 65.5 Å². The lowest BCUT2D eigenvalue weighted by atomic mass is 10.2. The molecule has 2 atom stereocenters. The van der Waals surface area contributed by atoms with Gasteiger partial charge in [0.15, 0.2) is 11.6 Å². The molecule has 1 saturated heterocycles. The normalized spacial score (nSPS) is 17.8. The second-order valence-electron chi connectivity index (χ2n) is 9.21. The summed E-state index contributed by atoms with van der Waals surface area (Å²) in [6.07, 6.45) is 5.68. The Hall–Kier alpha value is -3.70. The molecule has 4 heterocycles. The summed E-state index contributed by atoms with van der Waals surface area (Å²) in [7, 11) is 1.31. The SMILES string of the molecule is CC.CCN1c2ncnc(N[C@H]3CCN(C(=O)OC(C)(C)C)C3)c2NC1c1cnc(C)nc1.COC=O. The number of aromatic nitrogens is 4. The number of ether oxygens (including phenoxy) is 2. The van der Waals surface area contributed by atoms with Crippen LogP contribution in [-0.2, 0) is 14.3 Å². The summed E-state index contributed by atoms with van der Waals surface area (Å²) in [5, 5.41) is 7.03. The van der Waals surface area contributed by atoms with Gasteiger partial charge >= 0.3 is 6.09 Å². The van der Waals surface area contributed by atoms with Crippen molar-refractivity contribution in [3.05, 3.63) is 30.1 Å². The van der Waals surface area contributed by atoms with Crippen molar-refractivity contribution in [3.8, 4) is 0 Å². The summed E-state index contributed by atoms with van der Waals surface area (Å²) < 4.78 is 9.36. The van der Waals surface area contributed by atoms with E-state index in [0.29, 0.717) is 19.6 Å². The molecule has 0 spiro atoms. The van der Waals surface area contributed by atoms with Crippen LogP contribution < -0.4 is 15.5 Å². The molecule has 12 nitrogen and oxygen atoms in total. The molecule has 37 heavy (non-hydrogen) atoms. The monoisotopic (exact) mass is 516 g/mol. The fourth-order valence-electron chi connectivity index (χ4n) is 3.88. The summed E-state index contributed by atoms with van der Waals surface area (Å²) in [5.41, 5.74) is 1.32. The molecule has 0 radical (unpaired) electrons. The zero-order chi connectivity index (χ0) is 27.6. The summed E-state index contributed by atoms with van der Waals surface area (Å²) in [4.78, 5) is 42.9. The van der Waals surface area contributed by atoms with E-state index < -0.39 is 5.60 Å². The Morgan fingerprint density at radius 2 is 1.86 bits per heavy atom. The summed E-state index contributed by atoms with van der Waals surface area (Å²) in [6, 6.07) is 0.0881. The van der Waals surface area contributed by atoms with Crippen molar-refractivity contribution in [2.24, 2.45) is 0 Å². The van der Waals surface area contributed by atoms with Crippen molar-refractivity contribution in [2.75, 3.05) is 42.3 Å². The van der Waals surface area contributed by atoms with E-state index in [-0.39, 0.29) is 18.3 Å². The molecule has 12 heteroatoms. The molecule has 2 N–H and O–H groups in total. The Morgan fingerprint density at radius 1 is 1.22 bits per heavy atom. The van der Waals surface area contributed by atoms with Crippen LogP contribution in [-0.4, -0.2) is 75.8 Å². The third kappa shape index (κ3) is 7.89. The molecule has 2 aromatic rings. The van der Waals surface area contributed by atoms with Gasteiger partial charge in [-0.25, -0.2) is 24.7 Å².